The fraction of sp³-hybridized carbons (Fsp3) is 0.526. The first-order valence-electron chi connectivity index (χ1n) is 9.21. The lowest BCUT2D eigenvalue weighted by molar-refractivity contribution is -0.150. The summed E-state index contributed by atoms with van der Waals surface area (Å²) in [6.07, 6.45) is 7.88. The lowest BCUT2D eigenvalue weighted by Gasteiger charge is -2.60. The Morgan fingerprint density at radius 3 is 2.41 bits per heavy atom. The van der Waals surface area contributed by atoms with Crippen molar-refractivity contribution >= 4 is 50.7 Å². The van der Waals surface area contributed by atoms with Gasteiger partial charge in [-0.1, -0.05) is 23.2 Å². The van der Waals surface area contributed by atoms with Gasteiger partial charge in [0.05, 0.1) is 11.0 Å². The molecule has 1 aromatic carbocycles. The molecule has 27 heavy (non-hydrogen) atoms. The van der Waals surface area contributed by atoms with Gasteiger partial charge in [0.15, 0.2) is 0 Å². The van der Waals surface area contributed by atoms with Crippen molar-refractivity contribution in [2.45, 2.75) is 44.1 Å². The SMILES string of the molecule is O=C(Nc1cc(Cl)cc(Cl)c1)C12CC3CC(C1)CC(n1cnc(Br)n1)(C3)C2. The van der Waals surface area contributed by atoms with Gasteiger partial charge >= 0.3 is 0 Å². The van der Waals surface area contributed by atoms with E-state index in [4.69, 9.17) is 23.2 Å². The summed E-state index contributed by atoms with van der Waals surface area (Å²) in [6, 6.07) is 5.16. The zero-order chi connectivity index (χ0) is 18.8. The average Bonchev–Trinajstić information content (AvgIpc) is 3.00. The Bertz CT molecular complexity index is 896. The summed E-state index contributed by atoms with van der Waals surface area (Å²) in [4.78, 5) is 17.7. The summed E-state index contributed by atoms with van der Waals surface area (Å²) in [5.74, 6) is 1.20. The topological polar surface area (TPSA) is 59.8 Å². The molecule has 1 amide bonds. The predicted octanol–water partition coefficient (Wildman–Crippen LogP) is 5.28. The molecule has 8 heteroatoms. The number of nitrogens with one attached hydrogen (secondary N) is 1. The van der Waals surface area contributed by atoms with Gasteiger partial charge < -0.3 is 5.32 Å². The van der Waals surface area contributed by atoms with Gasteiger partial charge in [0.25, 0.3) is 0 Å². The molecule has 0 radical (unpaired) electrons. The normalized spacial score (nSPS) is 34.0. The van der Waals surface area contributed by atoms with Crippen LogP contribution in [0, 0.1) is 17.3 Å². The number of hydrogen-bond donors (Lipinski definition) is 1. The number of hydrogen-bond acceptors (Lipinski definition) is 3. The summed E-state index contributed by atoms with van der Waals surface area (Å²) in [5, 5.41) is 8.69. The van der Waals surface area contributed by atoms with E-state index in [0.29, 0.717) is 32.3 Å². The van der Waals surface area contributed by atoms with Crippen LogP contribution in [0.3, 0.4) is 0 Å². The highest BCUT2D eigenvalue weighted by Gasteiger charge is 2.61. The van der Waals surface area contributed by atoms with Gasteiger partial charge in [0.1, 0.15) is 6.33 Å². The van der Waals surface area contributed by atoms with Crippen LogP contribution in [0.5, 0.6) is 0 Å². The molecule has 5 nitrogen and oxygen atoms in total. The van der Waals surface area contributed by atoms with Crippen molar-refractivity contribution in [1.29, 1.82) is 0 Å². The highest BCUT2D eigenvalue weighted by molar-refractivity contribution is 9.10. The molecule has 4 aliphatic rings. The van der Waals surface area contributed by atoms with E-state index >= 15 is 0 Å². The van der Waals surface area contributed by atoms with Crippen molar-refractivity contribution in [2.24, 2.45) is 17.3 Å². The number of rotatable bonds is 3. The smallest absolute Gasteiger partial charge is 0.230 e. The number of amides is 1. The maximum atomic E-state index is 13.4. The third kappa shape index (κ3) is 3.00. The first-order valence-corrected chi connectivity index (χ1v) is 10.8. The molecule has 4 aliphatic carbocycles. The fourth-order valence-corrected chi connectivity index (χ4v) is 6.90. The number of anilines is 1. The van der Waals surface area contributed by atoms with E-state index in [9.17, 15) is 4.79 Å². The second kappa shape index (κ2) is 6.19. The van der Waals surface area contributed by atoms with Crippen LogP contribution in [0.15, 0.2) is 29.3 Å². The van der Waals surface area contributed by atoms with E-state index in [2.05, 4.69) is 31.3 Å². The monoisotopic (exact) mass is 468 g/mol. The maximum Gasteiger partial charge on any atom is 0.230 e. The Kier molecular flexibility index (Phi) is 4.12. The van der Waals surface area contributed by atoms with Crippen molar-refractivity contribution in [3.63, 3.8) is 0 Å². The van der Waals surface area contributed by atoms with Crippen LogP contribution >= 0.6 is 39.1 Å². The lowest BCUT2D eigenvalue weighted by atomic mass is 9.46. The molecular formula is C19H19BrCl2N4O. The summed E-state index contributed by atoms with van der Waals surface area (Å²) in [5.41, 5.74) is 0.190. The second-order valence-corrected chi connectivity index (χ2v) is 10.1. The summed E-state index contributed by atoms with van der Waals surface area (Å²) in [6.45, 7) is 0. The van der Waals surface area contributed by atoms with Crippen LogP contribution in [-0.4, -0.2) is 20.7 Å². The maximum absolute atomic E-state index is 13.4. The number of nitrogens with zero attached hydrogens (tertiary/aromatic N) is 3. The fourth-order valence-electron chi connectivity index (χ4n) is 6.11. The van der Waals surface area contributed by atoms with E-state index < -0.39 is 0 Å². The first-order chi connectivity index (χ1) is 12.9. The average molecular weight is 470 g/mol. The molecule has 0 saturated heterocycles. The van der Waals surface area contributed by atoms with Crippen LogP contribution in [-0.2, 0) is 10.3 Å². The summed E-state index contributed by atoms with van der Waals surface area (Å²) in [7, 11) is 0. The van der Waals surface area contributed by atoms with Crippen LogP contribution in [0.2, 0.25) is 10.0 Å². The van der Waals surface area contributed by atoms with E-state index in [1.165, 1.54) is 6.42 Å². The van der Waals surface area contributed by atoms with Crippen LogP contribution in [0.25, 0.3) is 0 Å². The van der Waals surface area contributed by atoms with Crippen LogP contribution in [0.4, 0.5) is 5.69 Å². The Hall–Kier alpha value is -1.11. The number of aromatic nitrogens is 3. The van der Waals surface area contributed by atoms with Crippen molar-refractivity contribution in [3.05, 3.63) is 39.3 Å². The number of halogens is 3. The van der Waals surface area contributed by atoms with Crippen molar-refractivity contribution in [1.82, 2.24) is 14.8 Å². The lowest BCUT2D eigenvalue weighted by Crippen LogP contribution is -2.60. The minimum atomic E-state index is -0.364. The predicted molar refractivity (Wildman–Crippen MR) is 108 cm³/mol. The zero-order valence-corrected chi connectivity index (χ0v) is 17.7. The third-order valence-corrected chi connectivity index (χ3v) is 7.38. The molecule has 1 aromatic heterocycles. The molecule has 4 bridgehead atoms. The highest BCUT2D eigenvalue weighted by atomic mass is 79.9. The largest absolute Gasteiger partial charge is 0.326 e. The van der Waals surface area contributed by atoms with Gasteiger partial charge in [0.2, 0.25) is 10.6 Å². The minimum absolute atomic E-state index is 0.0819. The molecule has 2 unspecified atom stereocenters. The van der Waals surface area contributed by atoms with Crippen LogP contribution in [0.1, 0.15) is 38.5 Å². The minimum Gasteiger partial charge on any atom is -0.326 e. The molecule has 142 valence electrons. The van der Waals surface area contributed by atoms with Crippen molar-refractivity contribution in [2.75, 3.05) is 5.32 Å². The highest BCUT2D eigenvalue weighted by Crippen LogP contribution is 2.64. The Morgan fingerprint density at radius 1 is 1.15 bits per heavy atom. The third-order valence-electron chi connectivity index (χ3n) is 6.58. The molecule has 1 N–H and O–H groups in total. The molecular weight excluding hydrogens is 451 g/mol. The Labute approximate surface area is 175 Å². The first kappa shape index (κ1) is 18.0. The van der Waals surface area contributed by atoms with Gasteiger partial charge in [-0.15, -0.1) is 5.10 Å². The number of carbonyl (C=O) groups is 1. The molecule has 2 atom stereocenters. The van der Waals surface area contributed by atoms with Gasteiger partial charge in [-0.25, -0.2) is 9.67 Å². The van der Waals surface area contributed by atoms with E-state index in [1.807, 2.05) is 4.68 Å². The molecule has 6 rings (SSSR count). The van der Waals surface area contributed by atoms with E-state index in [-0.39, 0.29) is 16.9 Å². The molecule has 4 fully saturated rings. The number of carbonyl (C=O) groups excluding carboxylic acids is 1. The molecule has 0 aliphatic heterocycles. The second-order valence-electron chi connectivity index (χ2n) is 8.54. The molecule has 4 saturated carbocycles. The molecule has 1 heterocycles. The van der Waals surface area contributed by atoms with E-state index in [1.54, 1.807) is 24.5 Å². The van der Waals surface area contributed by atoms with Crippen molar-refractivity contribution < 1.29 is 4.79 Å². The standard InChI is InChI=1S/C19H19BrCl2N4O/c20-17-23-10-26(25-17)19-7-11-1-12(8-19)6-18(5-11,9-19)16(27)24-15-3-13(21)2-14(22)4-15/h2-4,10-12H,1,5-9H2,(H,24,27). The van der Waals surface area contributed by atoms with Gasteiger partial charge in [0, 0.05) is 15.7 Å². The zero-order valence-electron chi connectivity index (χ0n) is 14.6. The summed E-state index contributed by atoms with van der Waals surface area (Å²) < 4.78 is 2.61. The van der Waals surface area contributed by atoms with Crippen molar-refractivity contribution in [3.8, 4) is 0 Å². The van der Waals surface area contributed by atoms with E-state index in [0.717, 1.165) is 32.1 Å². The molecule has 0 spiro atoms. The molecule has 2 aromatic rings. The van der Waals surface area contributed by atoms with Gasteiger partial charge in [-0.2, -0.15) is 0 Å². The summed E-state index contributed by atoms with van der Waals surface area (Å²) >= 11 is 15.6. The quantitative estimate of drug-likeness (QED) is 0.664. The van der Waals surface area contributed by atoms with Gasteiger partial charge in [-0.05, 0) is 84.5 Å². The Morgan fingerprint density at radius 2 is 1.81 bits per heavy atom. The Balaban J connectivity index is 1.47. The van der Waals surface area contributed by atoms with Gasteiger partial charge in [-0.3, -0.25) is 4.79 Å². The van der Waals surface area contributed by atoms with Crippen LogP contribution < -0.4 is 5.32 Å². The number of benzene rings is 1.